The second-order valence-corrected chi connectivity index (χ2v) is 4.02. The highest BCUT2D eigenvalue weighted by molar-refractivity contribution is 5.97. The molecule has 5 nitrogen and oxygen atoms in total. The summed E-state index contributed by atoms with van der Waals surface area (Å²) in [6, 6.07) is 1.80. The van der Waals surface area contributed by atoms with Gasteiger partial charge in [0.1, 0.15) is 17.2 Å². The van der Waals surface area contributed by atoms with E-state index >= 15 is 0 Å². The Morgan fingerprint density at radius 3 is 2.53 bits per heavy atom. The van der Waals surface area contributed by atoms with Gasteiger partial charge in [0.25, 0.3) is 5.91 Å². The lowest BCUT2D eigenvalue weighted by Crippen LogP contribution is -2.52. The molecule has 1 aliphatic rings. The molecule has 102 valence electrons. The van der Waals surface area contributed by atoms with Gasteiger partial charge in [-0.15, -0.1) is 0 Å². The van der Waals surface area contributed by atoms with Crippen LogP contribution in [0.3, 0.4) is 0 Å². The second kappa shape index (κ2) is 5.31. The van der Waals surface area contributed by atoms with Gasteiger partial charge in [0, 0.05) is 6.54 Å². The number of benzene rings is 1. The Morgan fingerprint density at radius 2 is 1.95 bits per heavy atom. The molecule has 1 unspecified atom stereocenters. The molecular formula is C12H11F2NO4. The second-order valence-electron chi connectivity index (χ2n) is 4.02. The Kier molecular flexibility index (Phi) is 3.75. The summed E-state index contributed by atoms with van der Waals surface area (Å²) in [5.74, 6) is -4.28. The van der Waals surface area contributed by atoms with Crippen molar-refractivity contribution in [2.45, 2.75) is 6.04 Å². The third-order valence-electron chi connectivity index (χ3n) is 2.85. The average molecular weight is 271 g/mol. The maximum Gasteiger partial charge on any atom is 0.328 e. The molecule has 1 aromatic carbocycles. The van der Waals surface area contributed by atoms with Gasteiger partial charge in [0.05, 0.1) is 13.2 Å². The fourth-order valence-corrected chi connectivity index (χ4v) is 1.90. The minimum absolute atomic E-state index is 0.0242. The molecule has 1 aromatic rings. The van der Waals surface area contributed by atoms with Crippen LogP contribution in [0.25, 0.3) is 0 Å². The first-order valence-corrected chi connectivity index (χ1v) is 5.58. The van der Waals surface area contributed by atoms with Crippen LogP contribution in [0.1, 0.15) is 10.4 Å². The average Bonchev–Trinajstić information content (AvgIpc) is 2.38. The molecule has 0 aliphatic carbocycles. The Labute approximate surface area is 107 Å². The number of rotatable bonds is 2. The summed E-state index contributed by atoms with van der Waals surface area (Å²) in [6.07, 6.45) is 0. The molecule has 1 saturated heterocycles. The van der Waals surface area contributed by atoms with Crippen LogP contribution in [0.15, 0.2) is 18.2 Å². The smallest absolute Gasteiger partial charge is 0.328 e. The monoisotopic (exact) mass is 271 g/mol. The molecule has 1 atom stereocenters. The first kappa shape index (κ1) is 13.4. The molecule has 19 heavy (non-hydrogen) atoms. The van der Waals surface area contributed by atoms with Crippen LogP contribution in [0.2, 0.25) is 0 Å². The molecule has 1 heterocycles. The van der Waals surface area contributed by atoms with Crippen molar-refractivity contribution in [1.82, 2.24) is 4.90 Å². The van der Waals surface area contributed by atoms with E-state index in [9.17, 15) is 18.4 Å². The van der Waals surface area contributed by atoms with Gasteiger partial charge in [-0.05, 0) is 12.1 Å². The number of carboxylic acids is 1. The van der Waals surface area contributed by atoms with Crippen molar-refractivity contribution >= 4 is 11.9 Å². The summed E-state index contributed by atoms with van der Waals surface area (Å²) in [4.78, 5) is 24.0. The molecule has 0 radical (unpaired) electrons. The SMILES string of the molecule is O=C(O)C1COCCN1C(=O)c1c(F)cccc1F. The molecule has 1 aliphatic heterocycles. The Bertz CT molecular complexity index is 500. The summed E-state index contributed by atoms with van der Waals surface area (Å²) in [5, 5.41) is 8.98. The lowest BCUT2D eigenvalue weighted by Gasteiger charge is -2.32. The fraction of sp³-hybridized carbons (Fsp3) is 0.333. The van der Waals surface area contributed by atoms with Crippen LogP contribution < -0.4 is 0 Å². The minimum Gasteiger partial charge on any atom is -0.480 e. The highest BCUT2D eigenvalue weighted by Gasteiger charge is 2.35. The lowest BCUT2D eigenvalue weighted by molar-refractivity contribution is -0.147. The zero-order valence-corrected chi connectivity index (χ0v) is 9.81. The van der Waals surface area contributed by atoms with E-state index in [2.05, 4.69) is 0 Å². The number of amides is 1. The van der Waals surface area contributed by atoms with Gasteiger partial charge in [0.2, 0.25) is 0 Å². The molecule has 1 N–H and O–H groups in total. The summed E-state index contributed by atoms with van der Waals surface area (Å²) in [6.45, 7) is -0.0910. The standard InChI is InChI=1S/C12H11F2NO4/c13-7-2-1-3-8(14)10(7)11(16)15-4-5-19-6-9(15)12(17)18/h1-3,9H,4-6H2,(H,17,18). The largest absolute Gasteiger partial charge is 0.480 e. The third-order valence-corrected chi connectivity index (χ3v) is 2.85. The maximum atomic E-state index is 13.5. The van der Waals surface area contributed by atoms with Crippen LogP contribution in [-0.4, -0.2) is 47.7 Å². The van der Waals surface area contributed by atoms with E-state index in [1.165, 1.54) is 0 Å². The number of aliphatic carboxylic acids is 1. The molecule has 0 spiro atoms. The van der Waals surface area contributed by atoms with Crippen molar-refractivity contribution < 1.29 is 28.2 Å². The van der Waals surface area contributed by atoms with Crippen molar-refractivity contribution in [3.05, 3.63) is 35.4 Å². The van der Waals surface area contributed by atoms with E-state index in [0.717, 1.165) is 23.1 Å². The molecule has 1 fully saturated rings. The van der Waals surface area contributed by atoms with E-state index < -0.39 is 35.1 Å². The van der Waals surface area contributed by atoms with Gasteiger partial charge < -0.3 is 14.7 Å². The number of halogens is 2. The Balaban J connectivity index is 2.34. The summed E-state index contributed by atoms with van der Waals surface area (Å²) >= 11 is 0. The highest BCUT2D eigenvalue weighted by Crippen LogP contribution is 2.18. The number of carbonyl (C=O) groups is 2. The van der Waals surface area contributed by atoms with Gasteiger partial charge in [-0.3, -0.25) is 4.79 Å². The normalized spacial score (nSPS) is 19.3. The molecule has 7 heteroatoms. The van der Waals surface area contributed by atoms with Gasteiger partial charge in [-0.1, -0.05) is 6.07 Å². The maximum absolute atomic E-state index is 13.5. The number of carboxylic acid groups (broad SMARTS) is 1. The first-order chi connectivity index (χ1) is 9.02. The minimum atomic E-state index is -1.27. The zero-order chi connectivity index (χ0) is 14.0. The Hall–Kier alpha value is -2.02. The molecule has 1 amide bonds. The van der Waals surface area contributed by atoms with Crippen molar-refractivity contribution in [3.8, 4) is 0 Å². The zero-order valence-electron chi connectivity index (χ0n) is 9.81. The van der Waals surface area contributed by atoms with E-state index in [1.807, 2.05) is 0 Å². The van der Waals surface area contributed by atoms with E-state index in [-0.39, 0.29) is 19.8 Å². The topological polar surface area (TPSA) is 66.8 Å². The van der Waals surface area contributed by atoms with Gasteiger partial charge in [0.15, 0.2) is 6.04 Å². The fourth-order valence-electron chi connectivity index (χ4n) is 1.90. The number of ether oxygens (including phenoxy) is 1. The van der Waals surface area contributed by atoms with Crippen molar-refractivity contribution in [3.63, 3.8) is 0 Å². The third kappa shape index (κ3) is 2.55. The first-order valence-electron chi connectivity index (χ1n) is 5.58. The summed E-state index contributed by atoms with van der Waals surface area (Å²) < 4.78 is 32.0. The van der Waals surface area contributed by atoms with Gasteiger partial charge in [-0.2, -0.15) is 0 Å². The van der Waals surface area contributed by atoms with Gasteiger partial charge in [-0.25, -0.2) is 13.6 Å². The Morgan fingerprint density at radius 1 is 1.32 bits per heavy atom. The quantitative estimate of drug-likeness (QED) is 0.867. The molecule has 2 rings (SSSR count). The van der Waals surface area contributed by atoms with E-state index in [4.69, 9.17) is 9.84 Å². The number of nitrogens with zero attached hydrogens (tertiary/aromatic N) is 1. The highest BCUT2D eigenvalue weighted by atomic mass is 19.1. The summed E-state index contributed by atoms with van der Waals surface area (Å²) in [5.41, 5.74) is -0.740. The summed E-state index contributed by atoms with van der Waals surface area (Å²) in [7, 11) is 0. The predicted octanol–water partition coefficient (Wildman–Crippen LogP) is 0.890. The molecular weight excluding hydrogens is 260 g/mol. The van der Waals surface area contributed by atoms with E-state index in [1.54, 1.807) is 0 Å². The number of morpholine rings is 1. The van der Waals surface area contributed by atoms with Crippen molar-refractivity contribution in [1.29, 1.82) is 0 Å². The van der Waals surface area contributed by atoms with Crippen LogP contribution in [0, 0.1) is 11.6 Å². The molecule has 0 saturated carbocycles. The molecule has 0 aromatic heterocycles. The van der Waals surface area contributed by atoms with Crippen LogP contribution >= 0.6 is 0 Å². The van der Waals surface area contributed by atoms with Crippen LogP contribution in [0.4, 0.5) is 8.78 Å². The number of carbonyl (C=O) groups excluding carboxylic acids is 1. The van der Waals surface area contributed by atoms with Crippen molar-refractivity contribution in [2.24, 2.45) is 0 Å². The molecule has 0 bridgehead atoms. The predicted molar refractivity (Wildman–Crippen MR) is 59.6 cm³/mol. The van der Waals surface area contributed by atoms with Gasteiger partial charge >= 0.3 is 5.97 Å². The van der Waals surface area contributed by atoms with Crippen molar-refractivity contribution in [2.75, 3.05) is 19.8 Å². The number of hydrogen-bond acceptors (Lipinski definition) is 3. The lowest BCUT2D eigenvalue weighted by atomic mass is 10.1. The van der Waals surface area contributed by atoms with Crippen LogP contribution in [0.5, 0.6) is 0 Å². The number of hydrogen-bond donors (Lipinski definition) is 1. The van der Waals surface area contributed by atoms with E-state index in [0.29, 0.717) is 0 Å². The van der Waals surface area contributed by atoms with Crippen LogP contribution in [-0.2, 0) is 9.53 Å².